The number of rotatable bonds is 4. The van der Waals surface area contributed by atoms with Crippen molar-refractivity contribution in [3.8, 4) is 0 Å². The van der Waals surface area contributed by atoms with Crippen LogP contribution < -0.4 is 0 Å². The minimum Gasteiger partial charge on any atom is -0.460 e. The molecular formula is C17H28O2. The highest BCUT2D eigenvalue weighted by atomic mass is 16.6. The third-order valence-electron chi connectivity index (χ3n) is 4.80. The molecule has 108 valence electrons. The highest BCUT2D eigenvalue weighted by Crippen LogP contribution is 2.50. The first-order chi connectivity index (χ1) is 8.62. The lowest BCUT2D eigenvalue weighted by Crippen LogP contribution is -2.43. The molecule has 1 aliphatic rings. The van der Waals surface area contributed by atoms with Crippen LogP contribution in [0.25, 0.3) is 0 Å². The summed E-state index contributed by atoms with van der Waals surface area (Å²) in [5, 5.41) is 0. The van der Waals surface area contributed by atoms with E-state index in [1.807, 2.05) is 13.8 Å². The van der Waals surface area contributed by atoms with Gasteiger partial charge in [0, 0.05) is 6.92 Å². The molecule has 0 heterocycles. The molecule has 0 spiro atoms. The molecule has 0 aromatic heterocycles. The van der Waals surface area contributed by atoms with Crippen LogP contribution in [0.15, 0.2) is 24.8 Å². The molecule has 1 fully saturated rings. The first kappa shape index (κ1) is 16.0. The van der Waals surface area contributed by atoms with Crippen LogP contribution in [0.4, 0.5) is 0 Å². The van der Waals surface area contributed by atoms with Crippen molar-refractivity contribution in [2.45, 2.75) is 59.5 Å². The van der Waals surface area contributed by atoms with Crippen LogP contribution in [-0.2, 0) is 9.53 Å². The molecule has 1 aliphatic carbocycles. The number of esters is 1. The summed E-state index contributed by atoms with van der Waals surface area (Å²) in [6.45, 7) is 18.0. The van der Waals surface area contributed by atoms with Gasteiger partial charge in [-0.1, -0.05) is 25.2 Å². The highest BCUT2D eigenvalue weighted by molar-refractivity contribution is 5.66. The summed E-state index contributed by atoms with van der Waals surface area (Å²) in [7, 11) is 0. The van der Waals surface area contributed by atoms with Gasteiger partial charge in [0.15, 0.2) is 0 Å². The van der Waals surface area contributed by atoms with E-state index in [2.05, 4.69) is 33.1 Å². The molecule has 0 amide bonds. The maximum Gasteiger partial charge on any atom is 0.303 e. The Balaban J connectivity index is 2.91. The highest BCUT2D eigenvalue weighted by Gasteiger charge is 2.44. The van der Waals surface area contributed by atoms with Gasteiger partial charge in [0.1, 0.15) is 5.60 Å². The van der Waals surface area contributed by atoms with Gasteiger partial charge in [0.05, 0.1) is 0 Å². The van der Waals surface area contributed by atoms with Gasteiger partial charge >= 0.3 is 5.97 Å². The van der Waals surface area contributed by atoms with Crippen LogP contribution in [-0.4, -0.2) is 11.6 Å². The van der Waals surface area contributed by atoms with Gasteiger partial charge in [0.2, 0.25) is 0 Å². The number of ether oxygens (including phenoxy) is 1. The zero-order valence-corrected chi connectivity index (χ0v) is 13.1. The average Bonchev–Trinajstić information content (AvgIpc) is 2.27. The van der Waals surface area contributed by atoms with Gasteiger partial charge in [0.25, 0.3) is 0 Å². The largest absolute Gasteiger partial charge is 0.460 e. The minimum atomic E-state index is -0.401. The van der Waals surface area contributed by atoms with Crippen molar-refractivity contribution in [2.75, 3.05) is 0 Å². The maximum absolute atomic E-state index is 11.2. The maximum atomic E-state index is 11.2. The molecule has 0 bridgehead atoms. The monoisotopic (exact) mass is 264 g/mol. The summed E-state index contributed by atoms with van der Waals surface area (Å²) in [4.78, 5) is 11.2. The summed E-state index contributed by atoms with van der Waals surface area (Å²) in [6.07, 6.45) is 5.22. The lowest BCUT2D eigenvalue weighted by molar-refractivity contribution is -0.161. The molecule has 3 atom stereocenters. The van der Waals surface area contributed by atoms with Crippen LogP contribution in [0, 0.1) is 17.3 Å². The Hall–Kier alpha value is -1.05. The number of hydrogen-bond acceptors (Lipinski definition) is 2. The van der Waals surface area contributed by atoms with Crippen LogP contribution in [0.3, 0.4) is 0 Å². The van der Waals surface area contributed by atoms with Crippen molar-refractivity contribution in [3.05, 3.63) is 24.8 Å². The third-order valence-corrected chi connectivity index (χ3v) is 4.80. The van der Waals surface area contributed by atoms with Gasteiger partial charge in [-0.25, -0.2) is 0 Å². The molecule has 2 heteroatoms. The minimum absolute atomic E-state index is 0.120. The zero-order valence-electron chi connectivity index (χ0n) is 13.1. The first-order valence-electron chi connectivity index (χ1n) is 7.11. The van der Waals surface area contributed by atoms with E-state index in [4.69, 9.17) is 4.74 Å². The summed E-state index contributed by atoms with van der Waals surface area (Å²) in [5.74, 6) is 0.596. The van der Waals surface area contributed by atoms with Crippen LogP contribution in [0.1, 0.15) is 53.9 Å². The molecule has 2 nitrogen and oxygen atoms in total. The van der Waals surface area contributed by atoms with Crippen molar-refractivity contribution in [1.82, 2.24) is 0 Å². The van der Waals surface area contributed by atoms with Crippen molar-refractivity contribution in [1.29, 1.82) is 0 Å². The predicted octanol–water partition coefficient (Wildman–Crippen LogP) is 4.51. The molecule has 19 heavy (non-hydrogen) atoms. The summed E-state index contributed by atoms with van der Waals surface area (Å²) in [5.41, 5.74) is 0.919. The molecule has 0 unspecified atom stereocenters. The Morgan fingerprint density at radius 3 is 2.42 bits per heavy atom. The predicted molar refractivity (Wildman–Crippen MR) is 79.8 cm³/mol. The number of hydrogen-bond donors (Lipinski definition) is 0. The molecular weight excluding hydrogens is 236 g/mol. The molecule has 0 aromatic rings. The Labute approximate surface area is 117 Å². The fourth-order valence-corrected chi connectivity index (χ4v) is 3.42. The molecule has 0 radical (unpaired) electrons. The quantitative estimate of drug-likeness (QED) is 0.551. The van der Waals surface area contributed by atoms with Gasteiger partial charge in [-0.15, -0.1) is 6.58 Å². The van der Waals surface area contributed by atoms with Crippen LogP contribution in [0.5, 0.6) is 0 Å². The Morgan fingerprint density at radius 2 is 2.00 bits per heavy atom. The Morgan fingerprint density at radius 1 is 1.42 bits per heavy atom. The standard InChI is InChI=1S/C17H28O2/c1-8-17(7)10-9-14(11-15(17)12(2)3)16(5,6)19-13(4)18/h8,14-15H,1-2,9-11H2,3-7H3/t14-,15+,17-/m1/s1. The molecule has 0 saturated heterocycles. The van der Waals surface area contributed by atoms with E-state index in [9.17, 15) is 4.79 Å². The van der Waals surface area contributed by atoms with E-state index in [1.165, 1.54) is 12.5 Å². The first-order valence-corrected chi connectivity index (χ1v) is 7.11. The fourth-order valence-electron chi connectivity index (χ4n) is 3.42. The van der Waals surface area contributed by atoms with Gasteiger partial charge in [-0.2, -0.15) is 0 Å². The van der Waals surface area contributed by atoms with Gasteiger partial charge in [-0.05, 0) is 57.3 Å². The molecule has 0 N–H and O–H groups in total. The number of allylic oxidation sites excluding steroid dienone is 2. The zero-order chi connectivity index (χ0) is 14.8. The van der Waals surface area contributed by atoms with E-state index < -0.39 is 5.60 Å². The smallest absolute Gasteiger partial charge is 0.303 e. The molecule has 1 rings (SSSR count). The van der Waals surface area contributed by atoms with E-state index >= 15 is 0 Å². The van der Waals surface area contributed by atoms with E-state index in [1.54, 1.807) is 0 Å². The molecule has 0 aliphatic heterocycles. The van der Waals surface area contributed by atoms with Crippen molar-refractivity contribution < 1.29 is 9.53 Å². The van der Waals surface area contributed by atoms with E-state index in [0.717, 1.165) is 19.3 Å². The molecule has 0 aromatic carbocycles. The summed E-state index contributed by atoms with van der Waals surface area (Å²) >= 11 is 0. The lowest BCUT2D eigenvalue weighted by atomic mass is 9.60. The number of carbonyl (C=O) groups excluding carboxylic acids is 1. The lowest BCUT2D eigenvalue weighted by Gasteiger charge is -2.47. The third kappa shape index (κ3) is 3.49. The molecule has 1 saturated carbocycles. The normalized spacial score (nSPS) is 31.6. The summed E-state index contributed by atoms with van der Waals surface area (Å²) < 4.78 is 5.51. The second kappa shape index (κ2) is 5.52. The van der Waals surface area contributed by atoms with Crippen LogP contribution >= 0.6 is 0 Å². The van der Waals surface area contributed by atoms with Crippen LogP contribution in [0.2, 0.25) is 0 Å². The van der Waals surface area contributed by atoms with Crippen molar-refractivity contribution >= 4 is 5.97 Å². The Bertz CT molecular complexity index is 381. The topological polar surface area (TPSA) is 26.3 Å². The second-order valence-corrected chi connectivity index (χ2v) is 6.78. The summed E-state index contributed by atoms with van der Waals surface area (Å²) in [6, 6.07) is 0. The average molecular weight is 264 g/mol. The van der Waals surface area contributed by atoms with Crippen molar-refractivity contribution in [3.63, 3.8) is 0 Å². The van der Waals surface area contributed by atoms with E-state index in [0.29, 0.717) is 11.8 Å². The number of carbonyl (C=O) groups is 1. The van der Waals surface area contributed by atoms with E-state index in [-0.39, 0.29) is 11.4 Å². The van der Waals surface area contributed by atoms with Gasteiger partial charge in [-0.3, -0.25) is 4.79 Å². The van der Waals surface area contributed by atoms with Gasteiger partial charge < -0.3 is 4.74 Å². The van der Waals surface area contributed by atoms with Crippen molar-refractivity contribution in [2.24, 2.45) is 17.3 Å². The Kier molecular flexibility index (Phi) is 4.65. The fraction of sp³-hybridized carbons (Fsp3) is 0.706. The second-order valence-electron chi connectivity index (χ2n) is 6.78. The SMILES string of the molecule is C=C[C@]1(C)CC[C@@H](C(C)(C)OC(C)=O)C[C@H]1C(=C)C.